The van der Waals surface area contributed by atoms with Crippen molar-refractivity contribution in [3.8, 4) is 0 Å². The normalized spacial score (nSPS) is 19.4. The highest BCUT2D eigenvalue weighted by molar-refractivity contribution is 6.02. The van der Waals surface area contributed by atoms with Gasteiger partial charge in [-0.05, 0) is 61.7 Å². The number of fused-ring (bicyclic) bond motifs is 1. The first-order chi connectivity index (χ1) is 13.1. The van der Waals surface area contributed by atoms with Crippen molar-refractivity contribution in [1.29, 1.82) is 0 Å². The molecule has 2 aromatic rings. The second-order valence-corrected chi connectivity index (χ2v) is 7.53. The molecule has 0 unspecified atom stereocenters. The Morgan fingerprint density at radius 3 is 2.59 bits per heavy atom. The zero-order valence-corrected chi connectivity index (χ0v) is 15.7. The van der Waals surface area contributed by atoms with Crippen molar-refractivity contribution >= 4 is 23.1 Å². The number of aliphatic imine (C=N–C) groups is 1. The van der Waals surface area contributed by atoms with E-state index in [2.05, 4.69) is 40.2 Å². The van der Waals surface area contributed by atoms with E-state index in [0.29, 0.717) is 6.54 Å². The number of nitrogens with one attached hydrogen (secondary N) is 3. The average Bonchev–Trinajstić information content (AvgIpc) is 2.68. The average molecular weight is 362 g/mol. The fourth-order valence-corrected chi connectivity index (χ4v) is 4.10. The van der Waals surface area contributed by atoms with Crippen LogP contribution in [0.15, 0.2) is 53.5 Å². The quantitative estimate of drug-likeness (QED) is 0.782. The molecule has 0 bridgehead atoms. The van der Waals surface area contributed by atoms with E-state index in [1.54, 1.807) is 0 Å². The van der Waals surface area contributed by atoms with Crippen LogP contribution in [0.5, 0.6) is 0 Å². The lowest BCUT2D eigenvalue weighted by atomic mass is 9.71. The number of hydrogen-bond acceptors (Lipinski definition) is 3. The Labute approximate surface area is 160 Å². The van der Waals surface area contributed by atoms with Gasteiger partial charge in [0, 0.05) is 23.7 Å². The molecule has 0 saturated carbocycles. The number of hydrogen-bond donors (Lipinski definition) is 3. The van der Waals surface area contributed by atoms with Crippen LogP contribution in [-0.4, -0.2) is 24.8 Å². The molecular formula is C22H26N4O. The number of benzene rings is 2. The molecule has 0 aliphatic carbocycles. The summed E-state index contributed by atoms with van der Waals surface area (Å²) in [5.41, 5.74) is 4.63. The van der Waals surface area contributed by atoms with Crippen LogP contribution < -0.4 is 16.0 Å². The maximum absolute atomic E-state index is 11.2. The third-order valence-electron chi connectivity index (χ3n) is 5.56. The molecule has 2 aliphatic rings. The molecule has 1 amide bonds. The predicted octanol–water partition coefficient (Wildman–Crippen LogP) is 3.58. The first-order valence-electron chi connectivity index (χ1n) is 9.62. The number of nitrogens with zero attached hydrogens (tertiary/aromatic N) is 1. The zero-order valence-electron chi connectivity index (χ0n) is 15.7. The minimum Gasteiger partial charge on any atom is -0.343 e. The standard InChI is InChI=1S/C22H26N4O/c1-16(27)25-19-8-6-17(7-9-19)15-24-21-22(10-12-23-13-11-22)14-18-4-2-3-5-20(18)26-21/h2-9,23H,10-15H2,1H3,(H,24,26)(H,25,27). The van der Waals surface area contributed by atoms with Gasteiger partial charge in [-0.3, -0.25) is 9.79 Å². The molecule has 2 heterocycles. The van der Waals surface area contributed by atoms with Crippen molar-refractivity contribution in [3.63, 3.8) is 0 Å². The number of para-hydroxylation sites is 1. The van der Waals surface area contributed by atoms with Gasteiger partial charge >= 0.3 is 0 Å². The van der Waals surface area contributed by atoms with Crippen LogP contribution in [0.25, 0.3) is 0 Å². The fourth-order valence-electron chi connectivity index (χ4n) is 4.10. The summed E-state index contributed by atoms with van der Waals surface area (Å²) >= 11 is 0. The van der Waals surface area contributed by atoms with Crippen LogP contribution in [0.3, 0.4) is 0 Å². The Morgan fingerprint density at radius 1 is 1.11 bits per heavy atom. The molecule has 2 aromatic carbocycles. The van der Waals surface area contributed by atoms with Gasteiger partial charge in [-0.2, -0.15) is 0 Å². The minimum atomic E-state index is -0.0547. The Balaban J connectivity index is 1.57. The number of carbonyl (C=O) groups excluding carboxylic acids is 1. The Hall–Kier alpha value is -2.66. The van der Waals surface area contributed by atoms with Gasteiger partial charge in [0.1, 0.15) is 5.84 Å². The summed E-state index contributed by atoms with van der Waals surface area (Å²) in [6, 6.07) is 16.5. The summed E-state index contributed by atoms with van der Waals surface area (Å²) in [5, 5.41) is 9.91. The van der Waals surface area contributed by atoms with Crippen LogP contribution >= 0.6 is 0 Å². The first-order valence-corrected chi connectivity index (χ1v) is 9.62. The molecule has 1 spiro atoms. The van der Waals surface area contributed by atoms with E-state index < -0.39 is 0 Å². The lowest BCUT2D eigenvalue weighted by molar-refractivity contribution is -0.114. The second kappa shape index (κ2) is 7.53. The highest BCUT2D eigenvalue weighted by Crippen LogP contribution is 2.40. The van der Waals surface area contributed by atoms with Gasteiger partial charge in [-0.15, -0.1) is 0 Å². The van der Waals surface area contributed by atoms with Crippen molar-refractivity contribution in [3.05, 3.63) is 59.7 Å². The number of rotatable bonds is 3. The van der Waals surface area contributed by atoms with Gasteiger partial charge in [0.05, 0.1) is 6.54 Å². The molecular weight excluding hydrogens is 336 g/mol. The van der Waals surface area contributed by atoms with E-state index >= 15 is 0 Å². The number of carbonyl (C=O) groups is 1. The Bertz CT molecular complexity index is 851. The topological polar surface area (TPSA) is 65.5 Å². The van der Waals surface area contributed by atoms with Gasteiger partial charge in [0.25, 0.3) is 0 Å². The van der Waals surface area contributed by atoms with E-state index in [0.717, 1.165) is 49.4 Å². The second-order valence-electron chi connectivity index (χ2n) is 7.53. The van der Waals surface area contributed by atoms with Gasteiger partial charge in [-0.25, -0.2) is 0 Å². The van der Waals surface area contributed by atoms with Crippen molar-refractivity contribution in [1.82, 2.24) is 5.32 Å². The van der Waals surface area contributed by atoms with E-state index in [4.69, 9.17) is 4.99 Å². The minimum absolute atomic E-state index is 0.0547. The van der Waals surface area contributed by atoms with E-state index in [-0.39, 0.29) is 11.3 Å². The van der Waals surface area contributed by atoms with E-state index in [9.17, 15) is 4.79 Å². The summed E-state index contributed by atoms with van der Waals surface area (Å²) in [6.07, 6.45) is 3.27. The third-order valence-corrected chi connectivity index (χ3v) is 5.56. The summed E-state index contributed by atoms with van der Waals surface area (Å²) in [5.74, 6) is 1.06. The summed E-state index contributed by atoms with van der Waals surface area (Å²) in [6.45, 7) is 4.23. The maximum atomic E-state index is 11.2. The monoisotopic (exact) mass is 362 g/mol. The van der Waals surface area contributed by atoms with E-state index in [1.165, 1.54) is 18.2 Å². The number of anilines is 2. The zero-order chi connectivity index (χ0) is 18.7. The summed E-state index contributed by atoms with van der Waals surface area (Å²) < 4.78 is 0. The van der Waals surface area contributed by atoms with Crippen LogP contribution in [-0.2, 0) is 17.8 Å². The molecule has 5 nitrogen and oxygen atoms in total. The van der Waals surface area contributed by atoms with Gasteiger partial charge in [-0.1, -0.05) is 30.3 Å². The summed E-state index contributed by atoms with van der Waals surface area (Å²) in [7, 11) is 0. The first kappa shape index (κ1) is 17.7. The van der Waals surface area contributed by atoms with Crippen LogP contribution in [0, 0.1) is 5.41 Å². The van der Waals surface area contributed by atoms with Crippen LogP contribution in [0.2, 0.25) is 0 Å². The lowest BCUT2D eigenvalue weighted by Gasteiger charge is -2.42. The van der Waals surface area contributed by atoms with Crippen LogP contribution in [0.4, 0.5) is 11.4 Å². The molecule has 0 atom stereocenters. The Morgan fingerprint density at radius 2 is 1.85 bits per heavy atom. The van der Waals surface area contributed by atoms with Crippen molar-refractivity contribution in [2.45, 2.75) is 32.7 Å². The summed E-state index contributed by atoms with van der Waals surface area (Å²) in [4.78, 5) is 16.2. The lowest BCUT2D eigenvalue weighted by Crippen LogP contribution is -2.48. The van der Waals surface area contributed by atoms with Gasteiger partial charge in [0.2, 0.25) is 5.91 Å². The molecule has 3 N–H and O–H groups in total. The largest absolute Gasteiger partial charge is 0.343 e. The van der Waals surface area contributed by atoms with Crippen molar-refractivity contribution < 1.29 is 4.79 Å². The highest BCUT2D eigenvalue weighted by atomic mass is 16.1. The highest BCUT2D eigenvalue weighted by Gasteiger charge is 2.40. The molecule has 27 heavy (non-hydrogen) atoms. The molecule has 0 aromatic heterocycles. The third kappa shape index (κ3) is 3.88. The maximum Gasteiger partial charge on any atom is 0.221 e. The Kier molecular flexibility index (Phi) is 4.94. The van der Waals surface area contributed by atoms with Gasteiger partial charge < -0.3 is 16.0 Å². The predicted molar refractivity (Wildman–Crippen MR) is 110 cm³/mol. The molecule has 0 radical (unpaired) electrons. The van der Waals surface area contributed by atoms with Crippen LogP contribution in [0.1, 0.15) is 30.9 Å². The SMILES string of the molecule is CC(=O)Nc1ccc(CN=C2Nc3ccccc3CC23CCNCC3)cc1. The smallest absolute Gasteiger partial charge is 0.221 e. The molecule has 4 rings (SSSR count). The van der Waals surface area contributed by atoms with E-state index in [1.807, 2.05) is 24.3 Å². The molecule has 1 saturated heterocycles. The van der Waals surface area contributed by atoms with Crippen molar-refractivity contribution in [2.24, 2.45) is 10.4 Å². The van der Waals surface area contributed by atoms with Crippen molar-refractivity contribution in [2.75, 3.05) is 23.7 Å². The molecule has 2 aliphatic heterocycles. The molecule has 5 heteroatoms. The fraction of sp³-hybridized carbons (Fsp3) is 0.364. The molecule has 140 valence electrons. The van der Waals surface area contributed by atoms with Gasteiger partial charge in [0.15, 0.2) is 0 Å². The number of amides is 1. The number of amidine groups is 1. The molecule has 1 fully saturated rings. The number of piperidine rings is 1.